The Morgan fingerprint density at radius 1 is 1.27 bits per heavy atom. The van der Waals surface area contributed by atoms with Crippen molar-refractivity contribution in [2.75, 3.05) is 0 Å². The predicted octanol–water partition coefficient (Wildman–Crippen LogP) is 2.05. The lowest BCUT2D eigenvalue weighted by Crippen LogP contribution is -2.51. The normalized spacial score (nSPS) is 20.3. The van der Waals surface area contributed by atoms with Gasteiger partial charge in [-0.05, 0) is 37.5 Å². The first-order chi connectivity index (χ1) is 12.4. The predicted molar refractivity (Wildman–Crippen MR) is 95.8 cm³/mol. The molecule has 2 amide bonds. The molecule has 0 aliphatic heterocycles. The average molecular weight is 362 g/mol. The molecule has 142 valence electrons. The highest BCUT2D eigenvalue weighted by molar-refractivity contribution is 5.97. The van der Waals surface area contributed by atoms with Gasteiger partial charge in [-0.25, -0.2) is 0 Å². The third-order valence-electron chi connectivity index (χ3n) is 4.74. The zero-order valence-corrected chi connectivity index (χ0v) is 14.9. The minimum absolute atomic E-state index is 0.0255. The maximum atomic E-state index is 12.6. The maximum Gasteiger partial charge on any atom is 0.308 e. The molecule has 0 aromatic heterocycles. The summed E-state index contributed by atoms with van der Waals surface area (Å²) in [5, 5.41) is 24.3. The number of phenolic OH excluding ortho intramolecular Hbond substituents is 1. The van der Waals surface area contributed by atoms with Crippen LogP contribution in [0.5, 0.6) is 5.75 Å². The first-order valence-electron chi connectivity index (χ1n) is 9.05. The van der Waals surface area contributed by atoms with Crippen LogP contribution in [0.4, 0.5) is 0 Å². The molecule has 0 bridgehead atoms. The third kappa shape index (κ3) is 5.21. The van der Waals surface area contributed by atoms with Crippen LogP contribution in [0.15, 0.2) is 24.3 Å². The number of aromatic hydroxyl groups is 1. The number of carbonyl (C=O) groups excluding carboxylic acids is 2. The number of carbonyl (C=O) groups is 3. The third-order valence-corrected chi connectivity index (χ3v) is 4.74. The molecule has 1 aliphatic carbocycles. The van der Waals surface area contributed by atoms with Crippen molar-refractivity contribution in [2.24, 2.45) is 5.92 Å². The van der Waals surface area contributed by atoms with Gasteiger partial charge in [-0.15, -0.1) is 0 Å². The molecule has 7 nitrogen and oxygen atoms in total. The number of rotatable bonds is 8. The molecule has 0 radical (unpaired) electrons. The van der Waals surface area contributed by atoms with Crippen molar-refractivity contribution < 1.29 is 24.6 Å². The van der Waals surface area contributed by atoms with Crippen molar-refractivity contribution in [1.82, 2.24) is 10.6 Å². The van der Waals surface area contributed by atoms with E-state index in [1.807, 2.05) is 6.92 Å². The molecule has 1 aromatic rings. The van der Waals surface area contributed by atoms with Gasteiger partial charge >= 0.3 is 5.97 Å². The highest BCUT2D eigenvalue weighted by Crippen LogP contribution is 2.26. The highest BCUT2D eigenvalue weighted by atomic mass is 16.4. The van der Waals surface area contributed by atoms with Gasteiger partial charge in [-0.3, -0.25) is 14.4 Å². The summed E-state index contributed by atoms with van der Waals surface area (Å²) in [6.07, 6.45) is 4.03. The molecular weight excluding hydrogens is 336 g/mol. The van der Waals surface area contributed by atoms with Gasteiger partial charge in [-0.2, -0.15) is 0 Å². The molecule has 0 spiro atoms. The molecule has 3 atom stereocenters. The van der Waals surface area contributed by atoms with E-state index < -0.39 is 29.9 Å². The lowest BCUT2D eigenvalue weighted by Gasteiger charge is -2.23. The summed E-state index contributed by atoms with van der Waals surface area (Å²) in [6, 6.07) is 4.77. The molecule has 0 saturated heterocycles. The van der Waals surface area contributed by atoms with Gasteiger partial charge in [0, 0.05) is 11.6 Å². The fraction of sp³-hybridized carbons (Fsp3) is 0.526. The van der Waals surface area contributed by atoms with Crippen LogP contribution in [0.1, 0.15) is 55.8 Å². The van der Waals surface area contributed by atoms with Gasteiger partial charge in [0.2, 0.25) is 5.91 Å². The average Bonchev–Trinajstić information content (AvgIpc) is 3.06. The van der Waals surface area contributed by atoms with Crippen molar-refractivity contribution in [3.05, 3.63) is 29.8 Å². The number of aliphatic carboxylic acids is 1. The van der Waals surface area contributed by atoms with E-state index in [0.29, 0.717) is 19.3 Å². The van der Waals surface area contributed by atoms with E-state index in [1.54, 1.807) is 12.1 Å². The van der Waals surface area contributed by atoms with Crippen LogP contribution in [0.2, 0.25) is 0 Å². The summed E-state index contributed by atoms with van der Waals surface area (Å²) in [5.74, 6) is -2.31. The Kier molecular flexibility index (Phi) is 7.00. The molecule has 4 N–H and O–H groups in total. The molecule has 26 heavy (non-hydrogen) atoms. The Balaban J connectivity index is 2.04. The van der Waals surface area contributed by atoms with E-state index in [4.69, 9.17) is 0 Å². The van der Waals surface area contributed by atoms with Gasteiger partial charge in [0.05, 0.1) is 5.92 Å². The van der Waals surface area contributed by atoms with E-state index in [0.717, 1.165) is 19.3 Å². The summed E-state index contributed by atoms with van der Waals surface area (Å²) in [4.78, 5) is 36.3. The lowest BCUT2D eigenvalue weighted by molar-refractivity contribution is -0.142. The number of amides is 2. The molecular formula is C19H26N2O5. The Bertz CT molecular complexity index is 661. The number of hydrogen-bond acceptors (Lipinski definition) is 4. The Labute approximate surface area is 152 Å². The van der Waals surface area contributed by atoms with Crippen LogP contribution >= 0.6 is 0 Å². The quantitative estimate of drug-likeness (QED) is 0.565. The molecule has 1 aromatic carbocycles. The fourth-order valence-corrected chi connectivity index (χ4v) is 3.28. The number of hydrogen-bond donors (Lipinski definition) is 4. The minimum Gasteiger partial charge on any atom is -0.508 e. The number of phenols is 1. The SMILES string of the molecule is CCCC[C@H](NC(=O)c1cccc(O)c1)C(=O)N[C@H]1CCC[C@H]1C(=O)O. The molecule has 1 aliphatic rings. The topological polar surface area (TPSA) is 116 Å². The molecule has 1 fully saturated rings. The van der Waals surface area contributed by atoms with Crippen LogP contribution < -0.4 is 10.6 Å². The van der Waals surface area contributed by atoms with E-state index in [9.17, 15) is 24.6 Å². The van der Waals surface area contributed by atoms with E-state index >= 15 is 0 Å². The van der Waals surface area contributed by atoms with Gasteiger partial charge in [0.25, 0.3) is 5.91 Å². The monoisotopic (exact) mass is 362 g/mol. The summed E-state index contributed by atoms with van der Waals surface area (Å²) < 4.78 is 0. The smallest absolute Gasteiger partial charge is 0.308 e. The zero-order chi connectivity index (χ0) is 19.1. The number of unbranched alkanes of at least 4 members (excludes halogenated alkanes) is 1. The van der Waals surface area contributed by atoms with Crippen molar-refractivity contribution in [3.63, 3.8) is 0 Å². The first-order valence-corrected chi connectivity index (χ1v) is 9.05. The molecule has 0 unspecified atom stereocenters. The van der Waals surface area contributed by atoms with Crippen LogP contribution in [0, 0.1) is 5.92 Å². The van der Waals surface area contributed by atoms with Crippen LogP contribution in [-0.4, -0.2) is 40.1 Å². The Morgan fingerprint density at radius 2 is 2.04 bits per heavy atom. The second kappa shape index (κ2) is 9.22. The second-order valence-electron chi connectivity index (χ2n) is 6.71. The van der Waals surface area contributed by atoms with Gasteiger partial charge in [0.15, 0.2) is 0 Å². The maximum absolute atomic E-state index is 12.6. The fourth-order valence-electron chi connectivity index (χ4n) is 3.28. The summed E-state index contributed by atoms with van der Waals surface area (Å²) in [6.45, 7) is 1.99. The molecule has 1 saturated carbocycles. The van der Waals surface area contributed by atoms with E-state index in [2.05, 4.69) is 10.6 Å². The molecule has 0 heterocycles. The Morgan fingerprint density at radius 3 is 2.69 bits per heavy atom. The zero-order valence-electron chi connectivity index (χ0n) is 14.9. The largest absolute Gasteiger partial charge is 0.508 e. The van der Waals surface area contributed by atoms with Crippen LogP contribution in [0.25, 0.3) is 0 Å². The molecule has 2 rings (SSSR count). The van der Waals surface area contributed by atoms with Gasteiger partial charge in [0.1, 0.15) is 11.8 Å². The van der Waals surface area contributed by atoms with Crippen LogP contribution in [0.3, 0.4) is 0 Å². The van der Waals surface area contributed by atoms with Crippen molar-refractivity contribution >= 4 is 17.8 Å². The lowest BCUT2D eigenvalue weighted by atomic mass is 10.0. The van der Waals surface area contributed by atoms with Gasteiger partial charge in [-0.1, -0.05) is 32.3 Å². The van der Waals surface area contributed by atoms with Crippen molar-refractivity contribution in [2.45, 2.75) is 57.5 Å². The number of benzene rings is 1. The number of nitrogens with one attached hydrogen (secondary N) is 2. The Hall–Kier alpha value is -2.57. The van der Waals surface area contributed by atoms with Crippen molar-refractivity contribution in [1.29, 1.82) is 0 Å². The van der Waals surface area contributed by atoms with Gasteiger partial charge < -0.3 is 20.8 Å². The molecule has 7 heteroatoms. The minimum atomic E-state index is -0.901. The summed E-state index contributed by atoms with van der Waals surface area (Å²) in [7, 11) is 0. The summed E-state index contributed by atoms with van der Waals surface area (Å²) >= 11 is 0. The first kappa shape index (κ1) is 19.8. The summed E-state index contributed by atoms with van der Waals surface area (Å²) in [5.41, 5.74) is 0.267. The van der Waals surface area contributed by atoms with Crippen molar-refractivity contribution in [3.8, 4) is 5.75 Å². The number of carboxylic acid groups (broad SMARTS) is 1. The standard InChI is InChI=1S/C19H26N2O5/c1-2-3-9-16(21-17(23)12-6-4-7-13(22)11-12)18(24)20-15-10-5-8-14(15)19(25)26/h4,6-7,11,14-16,22H,2-3,5,8-10H2,1H3,(H,20,24)(H,21,23)(H,25,26)/t14-,15+,16+/m1/s1. The van der Waals surface area contributed by atoms with Crippen LogP contribution in [-0.2, 0) is 9.59 Å². The number of carboxylic acids is 1. The highest BCUT2D eigenvalue weighted by Gasteiger charge is 2.35. The van der Waals surface area contributed by atoms with E-state index in [-0.39, 0.29) is 17.2 Å². The van der Waals surface area contributed by atoms with E-state index in [1.165, 1.54) is 12.1 Å². The second-order valence-corrected chi connectivity index (χ2v) is 6.71.